The molecule has 1 N–H and O–H groups in total. The van der Waals surface area contributed by atoms with Gasteiger partial charge in [-0.1, -0.05) is 0 Å². The number of nitrogens with zero attached hydrogens (tertiary/aromatic N) is 4. The van der Waals surface area contributed by atoms with Crippen LogP contribution in [0.5, 0.6) is 0 Å². The summed E-state index contributed by atoms with van der Waals surface area (Å²) in [6, 6.07) is 6.05. The maximum Gasteiger partial charge on any atom is 0.275 e. The van der Waals surface area contributed by atoms with E-state index in [1.807, 2.05) is 6.07 Å². The molecule has 0 bridgehead atoms. The Morgan fingerprint density at radius 2 is 1.94 bits per heavy atom. The van der Waals surface area contributed by atoms with Crippen molar-refractivity contribution in [3.63, 3.8) is 0 Å². The molecule has 1 aliphatic rings. The van der Waals surface area contributed by atoms with E-state index in [2.05, 4.69) is 20.2 Å². The van der Waals surface area contributed by atoms with Gasteiger partial charge in [-0.2, -0.15) is 0 Å². The fourth-order valence-corrected chi connectivity index (χ4v) is 4.48. The zero-order chi connectivity index (χ0) is 22.7. The Hall–Kier alpha value is -3.33. The molecule has 0 saturated carbocycles. The Labute approximate surface area is 189 Å². The number of carbonyl (C=O) groups is 2. The third-order valence-electron chi connectivity index (χ3n) is 5.33. The summed E-state index contributed by atoms with van der Waals surface area (Å²) in [7, 11) is 3.27. The molecule has 1 aliphatic heterocycles. The first-order valence-corrected chi connectivity index (χ1v) is 11.3. The van der Waals surface area contributed by atoms with E-state index in [1.165, 1.54) is 29.5 Å². The van der Waals surface area contributed by atoms with E-state index < -0.39 is 5.82 Å². The molecule has 0 radical (unpaired) electrons. The van der Waals surface area contributed by atoms with Gasteiger partial charge in [-0.15, -0.1) is 11.3 Å². The highest BCUT2D eigenvalue weighted by atomic mass is 32.1. The van der Waals surface area contributed by atoms with Crippen LogP contribution in [-0.2, 0) is 0 Å². The standard InChI is InChI=1S/C23H24FN5O2S/c1-28(2)23(31)15-6-7-17(24)16(12-15)22-27-19(14-32-22)21(30)26-18-13-25-9-8-20(18)29-10-4-3-5-11-29/h6-9,12-14H,3-5,10-11H2,1-2H3,(H,26,30). The van der Waals surface area contributed by atoms with E-state index in [4.69, 9.17) is 0 Å². The molecule has 1 saturated heterocycles. The summed E-state index contributed by atoms with van der Waals surface area (Å²) in [6.45, 7) is 1.88. The summed E-state index contributed by atoms with van der Waals surface area (Å²) in [5.41, 5.74) is 2.29. The maximum absolute atomic E-state index is 14.5. The van der Waals surface area contributed by atoms with Gasteiger partial charge < -0.3 is 15.1 Å². The number of aromatic nitrogens is 2. The third kappa shape index (κ3) is 4.62. The van der Waals surface area contributed by atoms with Gasteiger partial charge >= 0.3 is 0 Å². The molecule has 166 valence electrons. The van der Waals surface area contributed by atoms with Gasteiger partial charge in [0.25, 0.3) is 11.8 Å². The minimum Gasteiger partial charge on any atom is -0.370 e. The number of carbonyl (C=O) groups excluding carboxylic acids is 2. The lowest BCUT2D eigenvalue weighted by atomic mass is 10.1. The Bertz CT molecular complexity index is 1140. The van der Waals surface area contributed by atoms with Crippen LogP contribution in [0.15, 0.2) is 42.0 Å². The van der Waals surface area contributed by atoms with Gasteiger partial charge in [-0.05, 0) is 43.5 Å². The van der Waals surface area contributed by atoms with Gasteiger partial charge in [0.15, 0.2) is 0 Å². The highest BCUT2D eigenvalue weighted by Gasteiger charge is 2.20. The number of anilines is 2. The first-order valence-electron chi connectivity index (χ1n) is 10.4. The molecule has 7 nitrogen and oxygen atoms in total. The number of piperidine rings is 1. The third-order valence-corrected chi connectivity index (χ3v) is 6.21. The molecule has 0 spiro atoms. The van der Waals surface area contributed by atoms with Crippen LogP contribution in [0.25, 0.3) is 10.6 Å². The monoisotopic (exact) mass is 453 g/mol. The molecule has 2 amide bonds. The number of pyridine rings is 1. The van der Waals surface area contributed by atoms with Crippen molar-refractivity contribution in [1.29, 1.82) is 0 Å². The summed E-state index contributed by atoms with van der Waals surface area (Å²) in [5.74, 6) is -1.12. The van der Waals surface area contributed by atoms with Crippen molar-refractivity contribution in [2.24, 2.45) is 0 Å². The van der Waals surface area contributed by atoms with Crippen LogP contribution >= 0.6 is 11.3 Å². The molecule has 3 heterocycles. The molecule has 1 aromatic carbocycles. The number of thiazole rings is 1. The smallest absolute Gasteiger partial charge is 0.275 e. The van der Waals surface area contributed by atoms with Crippen LogP contribution in [0.4, 0.5) is 15.8 Å². The first kappa shape index (κ1) is 21.9. The maximum atomic E-state index is 14.5. The first-order chi connectivity index (χ1) is 15.4. The molecule has 1 fully saturated rings. The van der Waals surface area contributed by atoms with Crippen LogP contribution in [0.1, 0.15) is 40.1 Å². The number of hydrogen-bond donors (Lipinski definition) is 1. The molecule has 2 aromatic heterocycles. The minimum atomic E-state index is -0.499. The van der Waals surface area contributed by atoms with Crippen LogP contribution in [0.3, 0.4) is 0 Å². The number of halogens is 1. The van der Waals surface area contributed by atoms with Crippen molar-refractivity contribution in [1.82, 2.24) is 14.9 Å². The molecule has 0 unspecified atom stereocenters. The van der Waals surface area contributed by atoms with E-state index in [0.717, 1.165) is 43.0 Å². The summed E-state index contributed by atoms with van der Waals surface area (Å²) in [6.07, 6.45) is 6.79. The van der Waals surface area contributed by atoms with Crippen LogP contribution in [0, 0.1) is 5.82 Å². The number of nitrogens with one attached hydrogen (secondary N) is 1. The number of amides is 2. The Balaban J connectivity index is 1.56. The van der Waals surface area contributed by atoms with Crippen molar-refractivity contribution in [2.75, 3.05) is 37.4 Å². The van der Waals surface area contributed by atoms with Crippen molar-refractivity contribution in [2.45, 2.75) is 19.3 Å². The topological polar surface area (TPSA) is 78.4 Å². The highest BCUT2D eigenvalue weighted by Crippen LogP contribution is 2.30. The molecular weight excluding hydrogens is 429 g/mol. The summed E-state index contributed by atoms with van der Waals surface area (Å²) >= 11 is 1.15. The van der Waals surface area contributed by atoms with E-state index >= 15 is 0 Å². The van der Waals surface area contributed by atoms with Crippen LogP contribution in [-0.4, -0.2) is 53.9 Å². The van der Waals surface area contributed by atoms with Gasteiger partial charge in [-0.3, -0.25) is 14.6 Å². The Kier molecular flexibility index (Phi) is 6.45. The Morgan fingerprint density at radius 1 is 1.16 bits per heavy atom. The predicted molar refractivity (Wildman–Crippen MR) is 124 cm³/mol. The van der Waals surface area contributed by atoms with Gasteiger partial charge in [-0.25, -0.2) is 9.37 Å². The average molecular weight is 454 g/mol. The van der Waals surface area contributed by atoms with E-state index in [0.29, 0.717) is 16.3 Å². The second-order valence-corrected chi connectivity index (χ2v) is 8.68. The quantitative estimate of drug-likeness (QED) is 0.624. The molecule has 9 heteroatoms. The predicted octanol–water partition coefficient (Wildman–Crippen LogP) is 4.29. The SMILES string of the molecule is CN(C)C(=O)c1ccc(F)c(-c2nc(C(=O)Nc3cnccc3N3CCCCC3)cs2)c1. The largest absolute Gasteiger partial charge is 0.370 e. The van der Waals surface area contributed by atoms with Crippen molar-refractivity contribution < 1.29 is 14.0 Å². The summed E-state index contributed by atoms with van der Waals surface area (Å²) in [4.78, 5) is 37.3. The molecule has 0 atom stereocenters. The fraction of sp³-hybridized carbons (Fsp3) is 0.304. The molecule has 3 aromatic rings. The zero-order valence-electron chi connectivity index (χ0n) is 18.0. The van der Waals surface area contributed by atoms with Crippen molar-refractivity contribution >= 4 is 34.5 Å². The van der Waals surface area contributed by atoms with Gasteiger partial charge in [0, 0.05) is 49.9 Å². The second-order valence-electron chi connectivity index (χ2n) is 7.83. The van der Waals surface area contributed by atoms with E-state index in [-0.39, 0.29) is 23.1 Å². The van der Waals surface area contributed by atoms with Crippen LogP contribution in [0.2, 0.25) is 0 Å². The molecular formula is C23H24FN5O2S. The zero-order valence-corrected chi connectivity index (χ0v) is 18.8. The van der Waals surface area contributed by atoms with Gasteiger partial charge in [0.1, 0.15) is 16.5 Å². The average Bonchev–Trinajstić information content (AvgIpc) is 3.30. The number of benzene rings is 1. The highest BCUT2D eigenvalue weighted by molar-refractivity contribution is 7.13. The summed E-state index contributed by atoms with van der Waals surface area (Å²) in [5, 5.41) is 4.82. The Morgan fingerprint density at radius 3 is 2.69 bits per heavy atom. The summed E-state index contributed by atoms with van der Waals surface area (Å²) < 4.78 is 14.5. The fourth-order valence-electron chi connectivity index (χ4n) is 3.66. The normalized spacial score (nSPS) is 13.7. The van der Waals surface area contributed by atoms with E-state index in [9.17, 15) is 14.0 Å². The van der Waals surface area contributed by atoms with Crippen molar-refractivity contribution in [3.05, 3.63) is 59.1 Å². The molecule has 4 rings (SSSR count). The van der Waals surface area contributed by atoms with Crippen LogP contribution < -0.4 is 10.2 Å². The lowest BCUT2D eigenvalue weighted by Crippen LogP contribution is -2.30. The lowest BCUT2D eigenvalue weighted by Gasteiger charge is -2.30. The number of hydrogen-bond acceptors (Lipinski definition) is 6. The molecule has 0 aliphatic carbocycles. The van der Waals surface area contributed by atoms with Gasteiger partial charge in [0.2, 0.25) is 0 Å². The van der Waals surface area contributed by atoms with Gasteiger partial charge in [0.05, 0.1) is 17.6 Å². The van der Waals surface area contributed by atoms with E-state index in [1.54, 1.807) is 31.9 Å². The lowest BCUT2D eigenvalue weighted by molar-refractivity contribution is 0.0827. The minimum absolute atomic E-state index is 0.183. The second kappa shape index (κ2) is 9.44. The number of rotatable bonds is 5. The van der Waals surface area contributed by atoms with Crippen molar-refractivity contribution in [3.8, 4) is 10.6 Å². The molecule has 32 heavy (non-hydrogen) atoms.